The molecule has 0 atom stereocenters. The van der Waals surface area contributed by atoms with Crippen molar-refractivity contribution in [2.45, 2.75) is 0 Å². The number of aromatic nitrogens is 2. The van der Waals surface area contributed by atoms with E-state index in [1.54, 1.807) is 6.07 Å². The first-order valence-electron chi connectivity index (χ1n) is 2.28. The van der Waals surface area contributed by atoms with Gasteiger partial charge in [0, 0.05) is 6.20 Å². The Morgan fingerprint density at radius 3 is 2.78 bits per heavy atom. The van der Waals surface area contributed by atoms with Crippen molar-refractivity contribution in [3.63, 3.8) is 0 Å². The second kappa shape index (κ2) is 2.55. The average Bonchev–Trinajstić information content (AvgIpc) is 1.90. The van der Waals surface area contributed by atoms with Crippen molar-refractivity contribution in [1.82, 2.24) is 10.2 Å². The van der Waals surface area contributed by atoms with Gasteiger partial charge in [-0.1, -0.05) is 0 Å². The van der Waals surface area contributed by atoms with E-state index >= 15 is 0 Å². The maximum Gasteiger partial charge on any atom is 0.272 e. The molecule has 1 heterocycles. The maximum absolute atomic E-state index is 10.3. The van der Waals surface area contributed by atoms with E-state index < -0.39 is 5.24 Å². The van der Waals surface area contributed by atoms with Gasteiger partial charge in [-0.2, -0.15) is 5.10 Å². The molecule has 1 aromatic heterocycles. The van der Waals surface area contributed by atoms with E-state index in [-0.39, 0.29) is 5.69 Å². The minimum atomic E-state index is -0.580. The summed E-state index contributed by atoms with van der Waals surface area (Å²) in [7, 11) is 0. The van der Waals surface area contributed by atoms with Gasteiger partial charge in [0.25, 0.3) is 5.24 Å². The average molecular weight is 143 g/mol. The van der Waals surface area contributed by atoms with E-state index in [1.807, 2.05) is 0 Å². The Kier molecular flexibility index (Phi) is 1.75. The summed E-state index contributed by atoms with van der Waals surface area (Å²) in [4.78, 5) is 10.3. The number of carbonyl (C=O) groups excluding carboxylic acids is 1. The summed E-state index contributed by atoms with van der Waals surface area (Å²) >= 11 is 5.06. The van der Waals surface area contributed by atoms with Gasteiger partial charge in [0.15, 0.2) is 0 Å². The Bertz CT molecular complexity index is 211. The number of rotatable bonds is 1. The van der Waals surface area contributed by atoms with Crippen LogP contribution in [0.25, 0.3) is 0 Å². The number of hydrogen-bond acceptors (Lipinski definition) is 3. The largest absolute Gasteiger partial charge is 0.274 e. The molecule has 0 unspecified atom stereocenters. The summed E-state index contributed by atoms with van der Waals surface area (Å²) < 4.78 is 0. The van der Waals surface area contributed by atoms with Gasteiger partial charge >= 0.3 is 0 Å². The zero-order valence-corrected chi connectivity index (χ0v) is 5.17. The fourth-order valence-electron chi connectivity index (χ4n) is 0.406. The molecule has 0 spiro atoms. The van der Waals surface area contributed by atoms with Gasteiger partial charge in [0.2, 0.25) is 0 Å². The zero-order chi connectivity index (χ0) is 6.69. The van der Waals surface area contributed by atoms with Crippen LogP contribution in [0.4, 0.5) is 0 Å². The normalized spacial score (nSPS) is 9.00. The SMILES string of the molecule is O=C(Cl)c1cccnn1. The standard InChI is InChI=1S/C5H3ClN2O/c6-5(9)4-2-1-3-7-8-4/h1-3H. The smallest absolute Gasteiger partial charge is 0.272 e. The molecule has 0 saturated heterocycles. The van der Waals surface area contributed by atoms with Crippen molar-refractivity contribution in [3.8, 4) is 0 Å². The monoisotopic (exact) mass is 142 g/mol. The fourth-order valence-corrected chi connectivity index (χ4v) is 0.507. The van der Waals surface area contributed by atoms with E-state index in [1.165, 1.54) is 12.3 Å². The van der Waals surface area contributed by atoms with E-state index in [9.17, 15) is 4.79 Å². The molecule has 46 valence electrons. The van der Waals surface area contributed by atoms with Crippen LogP contribution in [-0.2, 0) is 0 Å². The zero-order valence-electron chi connectivity index (χ0n) is 4.41. The van der Waals surface area contributed by atoms with Crippen molar-refractivity contribution < 1.29 is 4.79 Å². The van der Waals surface area contributed by atoms with Crippen molar-refractivity contribution in [2.75, 3.05) is 0 Å². The number of hydrogen-bond donors (Lipinski definition) is 0. The lowest BCUT2D eigenvalue weighted by Gasteiger charge is -1.85. The van der Waals surface area contributed by atoms with Crippen LogP contribution in [0.15, 0.2) is 18.3 Å². The van der Waals surface area contributed by atoms with Crippen LogP contribution in [0.2, 0.25) is 0 Å². The van der Waals surface area contributed by atoms with E-state index in [4.69, 9.17) is 11.6 Å². The van der Waals surface area contributed by atoms with Crippen LogP contribution in [0, 0.1) is 0 Å². The lowest BCUT2D eigenvalue weighted by molar-refractivity contribution is 0.107. The molecule has 1 rings (SSSR count). The Labute approximate surface area is 56.7 Å². The molecular formula is C5H3ClN2O. The molecule has 3 nitrogen and oxygen atoms in total. The first kappa shape index (κ1) is 6.16. The highest BCUT2D eigenvalue weighted by Gasteiger charge is 1.99. The summed E-state index contributed by atoms with van der Waals surface area (Å²) in [5.41, 5.74) is 0.180. The van der Waals surface area contributed by atoms with Crippen LogP contribution >= 0.6 is 11.6 Å². The van der Waals surface area contributed by atoms with E-state index in [0.717, 1.165) is 0 Å². The molecule has 0 fully saturated rings. The molecule has 0 aromatic carbocycles. The van der Waals surface area contributed by atoms with Gasteiger partial charge in [-0.05, 0) is 23.7 Å². The third kappa shape index (κ3) is 1.47. The van der Waals surface area contributed by atoms with Crippen molar-refractivity contribution in [2.24, 2.45) is 0 Å². The van der Waals surface area contributed by atoms with Crippen LogP contribution in [0.1, 0.15) is 10.5 Å². The van der Waals surface area contributed by atoms with Gasteiger partial charge in [-0.25, -0.2) is 0 Å². The number of nitrogens with zero attached hydrogens (tertiary/aromatic N) is 2. The highest BCUT2D eigenvalue weighted by Crippen LogP contribution is 1.94. The summed E-state index contributed by atoms with van der Waals surface area (Å²) in [5, 5.41) is 6.32. The Hall–Kier alpha value is -0.960. The van der Waals surface area contributed by atoms with Crippen LogP contribution in [0.3, 0.4) is 0 Å². The second-order valence-corrected chi connectivity index (χ2v) is 1.73. The van der Waals surface area contributed by atoms with Gasteiger partial charge < -0.3 is 0 Å². The van der Waals surface area contributed by atoms with Gasteiger partial charge in [0.1, 0.15) is 5.69 Å². The molecule has 0 amide bonds. The Morgan fingerprint density at radius 1 is 1.67 bits per heavy atom. The second-order valence-electron chi connectivity index (χ2n) is 1.38. The molecule has 0 aliphatic rings. The quantitative estimate of drug-likeness (QED) is 0.546. The maximum atomic E-state index is 10.3. The molecule has 4 heteroatoms. The van der Waals surface area contributed by atoms with Crippen LogP contribution in [-0.4, -0.2) is 15.4 Å². The van der Waals surface area contributed by atoms with Gasteiger partial charge in [-0.3, -0.25) is 4.79 Å². The summed E-state index contributed by atoms with van der Waals surface area (Å²) in [5.74, 6) is 0. The highest BCUT2D eigenvalue weighted by atomic mass is 35.5. The van der Waals surface area contributed by atoms with E-state index in [0.29, 0.717) is 0 Å². The van der Waals surface area contributed by atoms with Gasteiger partial charge in [0.05, 0.1) is 0 Å². The van der Waals surface area contributed by atoms with Gasteiger partial charge in [-0.15, -0.1) is 5.10 Å². The third-order valence-corrected chi connectivity index (χ3v) is 0.967. The first-order valence-corrected chi connectivity index (χ1v) is 2.66. The number of carbonyl (C=O) groups is 1. The van der Waals surface area contributed by atoms with Crippen molar-refractivity contribution >= 4 is 16.8 Å². The molecular weight excluding hydrogens is 140 g/mol. The summed E-state index contributed by atoms with van der Waals surface area (Å²) in [6, 6.07) is 3.10. The van der Waals surface area contributed by atoms with Crippen LogP contribution < -0.4 is 0 Å². The molecule has 0 radical (unpaired) electrons. The van der Waals surface area contributed by atoms with Crippen molar-refractivity contribution in [3.05, 3.63) is 24.0 Å². The fraction of sp³-hybridized carbons (Fsp3) is 0. The molecule has 0 aliphatic heterocycles. The Morgan fingerprint density at radius 2 is 2.44 bits per heavy atom. The molecule has 0 saturated carbocycles. The molecule has 0 aliphatic carbocycles. The molecule has 9 heavy (non-hydrogen) atoms. The predicted octanol–water partition coefficient (Wildman–Crippen LogP) is 0.856. The van der Waals surface area contributed by atoms with Crippen molar-refractivity contribution in [1.29, 1.82) is 0 Å². The topological polar surface area (TPSA) is 42.9 Å². The predicted molar refractivity (Wildman–Crippen MR) is 32.2 cm³/mol. The lowest BCUT2D eigenvalue weighted by atomic mass is 10.4. The summed E-state index contributed by atoms with van der Waals surface area (Å²) in [6.07, 6.45) is 1.48. The van der Waals surface area contributed by atoms with Crippen LogP contribution in [0.5, 0.6) is 0 Å². The first-order chi connectivity index (χ1) is 4.30. The Balaban J connectivity index is 2.98. The number of halogens is 1. The summed E-state index contributed by atoms with van der Waals surface area (Å²) in [6.45, 7) is 0. The minimum absolute atomic E-state index is 0.180. The minimum Gasteiger partial charge on any atom is -0.274 e. The molecule has 0 N–H and O–H groups in total. The lowest BCUT2D eigenvalue weighted by Crippen LogP contribution is -1.93. The van der Waals surface area contributed by atoms with E-state index in [2.05, 4.69) is 10.2 Å². The third-order valence-electron chi connectivity index (χ3n) is 0.774. The molecule has 0 bridgehead atoms. The highest BCUT2D eigenvalue weighted by molar-refractivity contribution is 6.67. The molecule has 1 aromatic rings.